The highest BCUT2D eigenvalue weighted by atomic mass is 16.6. The first-order valence-corrected chi connectivity index (χ1v) is 5.54. The number of Topliss-reactive ketones (excluding diaryl/α,β-unsaturated/α-hetero) is 1. The molecule has 1 aliphatic rings. The van der Waals surface area contributed by atoms with Crippen LogP contribution in [0.5, 0.6) is 0 Å². The van der Waals surface area contributed by atoms with Gasteiger partial charge in [-0.05, 0) is 6.42 Å². The molecule has 0 N–H and O–H groups in total. The van der Waals surface area contributed by atoms with Gasteiger partial charge in [-0.2, -0.15) is 0 Å². The van der Waals surface area contributed by atoms with Gasteiger partial charge in [0.25, 0.3) is 0 Å². The minimum atomic E-state index is -0.350. The molecule has 1 rings (SSSR count). The zero-order valence-corrected chi connectivity index (χ0v) is 9.53. The number of unbranched alkanes of at least 4 members (excludes halogenated alkanes) is 1. The third kappa shape index (κ3) is 3.89. The highest BCUT2D eigenvalue weighted by molar-refractivity contribution is 5.90. The summed E-state index contributed by atoms with van der Waals surface area (Å²) in [7, 11) is 1.61. The van der Waals surface area contributed by atoms with Crippen LogP contribution in [0.3, 0.4) is 0 Å². The van der Waals surface area contributed by atoms with Gasteiger partial charge >= 0.3 is 0 Å². The highest BCUT2D eigenvalue weighted by Gasteiger charge is 2.41. The monoisotopic (exact) mass is 216 g/mol. The van der Waals surface area contributed by atoms with Gasteiger partial charge in [-0.15, -0.1) is 0 Å². The second kappa shape index (κ2) is 6.93. The second-order valence-electron chi connectivity index (χ2n) is 3.72. The molecule has 1 fully saturated rings. The lowest BCUT2D eigenvalue weighted by molar-refractivity contribution is -0.167. The van der Waals surface area contributed by atoms with Crippen molar-refractivity contribution in [3.05, 3.63) is 0 Å². The van der Waals surface area contributed by atoms with Crippen molar-refractivity contribution < 1.29 is 19.0 Å². The Morgan fingerprint density at radius 2 is 2.07 bits per heavy atom. The maximum absolute atomic E-state index is 11.2. The lowest BCUT2D eigenvalue weighted by Gasteiger charge is -2.34. The Kier molecular flexibility index (Phi) is 5.83. The van der Waals surface area contributed by atoms with E-state index in [1.165, 1.54) is 0 Å². The van der Waals surface area contributed by atoms with Crippen LogP contribution in [0, 0.1) is 0 Å². The van der Waals surface area contributed by atoms with Crippen molar-refractivity contribution in [3.63, 3.8) is 0 Å². The first-order chi connectivity index (χ1) is 7.29. The Labute approximate surface area is 90.9 Å². The minimum Gasteiger partial charge on any atom is -0.382 e. The van der Waals surface area contributed by atoms with Gasteiger partial charge in [0.1, 0.15) is 6.10 Å². The zero-order valence-electron chi connectivity index (χ0n) is 9.53. The van der Waals surface area contributed by atoms with E-state index in [0.29, 0.717) is 19.6 Å². The van der Waals surface area contributed by atoms with E-state index in [4.69, 9.17) is 14.2 Å². The molecule has 4 nitrogen and oxygen atoms in total. The lowest BCUT2D eigenvalue weighted by atomic mass is 9.90. The average Bonchev–Trinajstić information content (AvgIpc) is 2.23. The fraction of sp³-hybridized carbons (Fsp3) is 0.909. The predicted octanol–water partition coefficient (Wildman–Crippen LogP) is 1.18. The topological polar surface area (TPSA) is 44.8 Å². The van der Waals surface area contributed by atoms with E-state index in [2.05, 4.69) is 6.92 Å². The van der Waals surface area contributed by atoms with Crippen LogP contribution in [0.2, 0.25) is 0 Å². The number of hydrogen-bond donors (Lipinski definition) is 0. The van der Waals surface area contributed by atoms with Gasteiger partial charge in [0.05, 0.1) is 19.3 Å². The van der Waals surface area contributed by atoms with E-state index in [9.17, 15) is 4.79 Å². The maximum Gasteiger partial charge on any atom is 0.166 e. The third-order valence-electron chi connectivity index (χ3n) is 2.47. The van der Waals surface area contributed by atoms with Gasteiger partial charge in [-0.3, -0.25) is 4.79 Å². The van der Waals surface area contributed by atoms with Gasteiger partial charge in [0.2, 0.25) is 0 Å². The molecule has 0 aromatic carbocycles. The van der Waals surface area contributed by atoms with Crippen molar-refractivity contribution in [2.75, 3.05) is 26.9 Å². The number of rotatable bonds is 8. The highest BCUT2D eigenvalue weighted by Crippen LogP contribution is 2.23. The summed E-state index contributed by atoms with van der Waals surface area (Å²) in [5.74, 6) is 0.146. The largest absolute Gasteiger partial charge is 0.382 e. The fourth-order valence-corrected chi connectivity index (χ4v) is 1.45. The Hall–Kier alpha value is -0.450. The predicted molar refractivity (Wildman–Crippen MR) is 55.9 cm³/mol. The van der Waals surface area contributed by atoms with E-state index in [0.717, 1.165) is 19.4 Å². The number of carbonyl (C=O) groups excluding carboxylic acids is 1. The molecule has 1 saturated carbocycles. The molecule has 4 heteroatoms. The van der Waals surface area contributed by atoms with Crippen LogP contribution >= 0.6 is 0 Å². The van der Waals surface area contributed by atoms with E-state index in [-0.39, 0.29) is 18.0 Å². The SMILES string of the molecule is CCCCOC1CC(=O)C1OCCOC. The molecule has 0 radical (unpaired) electrons. The van der Waals surface area contributed by atoms with Crippen LogP contribution in [0.15, 0.2) is 0 Å². The summed E-state index contributed by atoms with van der Waals surface area (Å²) in [5.41, 5.74) is 0. The number of ketones is 1. The van der Waals surface area contributed by atoms with E-state index in [1.807, 2.05) is 0 Å². The summed E-state index contributed by atoms with van der Waals surface area (Å²) in [4.78, 5) is 11.2. The third-order valence-corrected chi connectivity index (χ3v) is 2.47. The summed E-state index contributed by atoms with van der Waals surface area (Å²) >= 11 is 0. The molecule has 0 heterocycles. The van der Waals surface area contributed by atoms with Crippen molar-refractivity contribution in [2.45, 2.75) is 38.4 Å². The van der Waals surface area contributed by atoms with Crippen LogP contribution < -0.4 is 0 Å². The second-order valence-corrected chi connectivity index (χ2v) is 3.72. The molecule has 15 heavy (non-hydrogen) atoms. The fourth-order valence-electron chi connectivity index (χ4n) is 1.45. The van der Waals surface area contributed by atoms with Crippen LogP contribution in [-0.4, -0.2) is 44.9 Å². The molecule has 2 unspecified atom stereocenters. The molecule has 0 aromatic heterocycles. The smallest absolute Gasteiger partial charge is 0.166 e. The molecular weight excluding hydrogens is 196 g/mol. The summed E-state index contributed by atoms with van der Waals surface area (Å²) in [6.07, 6.45) is 2.27. The number of hydrogen-bond acceptors (Lipinski definition) is 4. The van der Waals surface area contributed by atoms with E-state index < -0.39 is 0 Å². The summed E-state index contributed by atoms with van der Waals surface area (Å²) in [6.45, 7) is 3.81. The molecule has 0 spiro atoms. The van der Waals surface area contributed by atoms with Gasteiger partial charge in [-0.25, -0.2) is 0 Å². The normalized spacial score (nSPS) is 25.3. The van der Waals surface area contributed by atoms with Crippen molar-refractivity contribution >= 4 is 5.78 Å². The molecule has 0 bridgehead atoms. The zero-order chi connectivity index (χ0) is 11.1. The quantitative estimate of drug-likeness (QED) is 0.571. The van der Waals surface area contributed by atoms with E-state index in [1.54, 1.807) is 7.11 Å². The number of ether oxygens (including phenoxy) is 3. The van der Waals surface area contributed by atoms with E-state index >= 15 is 0 Å². The van der Waals surface area contributed by atoms with Crippen LogP contribution in [0.4, 0.5) is 0 Å². The summed E-state index contributed by atoms with van der Waals surface area (Å²) in [6, 6.07) is 0. The van der Waals surface area contributed by atoms with Crippen LogP contribution in [-0.2, 0) is 19.0 Å². The Bertz CT molecular complexity index is 193. The van der Waals surface area contributed by atoms with Gasteiger partial charge < -0.3 is 14.2 Å². The van der Waals surface area contributed by atoms with Crippen LogP contribution in [0.1, 0.15) is 26.2 Å². The summed E-state index contributed by atoms with van der Waals surface area (Å²) in [5, 5.41) is 0. The first kappa shape index (κ1) is 12.6. The number of methoxy groups -OCH3 is 1. The van der Waals surface area contributed by atoms with Crippen molar-refractivity contribution in [1.82, 2.24) is 0 Å². The van der Waals surface area contributed by atoms with Crippen molar-refractivity contribution in [3.8, 4) is 0 Å². The molecule has 88 valence electrons. The van der Waals surface area contributed by atoms with Gasteiger partial charge in [0.15, 0.2) is 5.78 Å². The Balaban J connectivity index is 2.13. The Morgan fingerprint density at radius 3 is 2.67 bits per heavy atom. The molecule has 0 saturated heterocycles. The average molecular weight is 216 g/mol. The van der Waals surface area contributed by atoms with Crippen molar-refractivity contribution in [2.24, 2.45) is 0 Å². The van der Waals surface area contributed by atoms with Gasteiger partial charge in [0, 0.05) is 20.1 Å². The first-order valence-electron chi connectivity index (χ1n) is 5.54. The standard InChI is InChI=1S/C11H20O4/c1-3-4-5-14-10-8-9(12)11(10)15-7-6-13-2/h10-11H,3-8H2,1-2H3. The summed E-state index contributed by atoms with van der Waals surface area (Å²) < 4.78 is 15.8. The van der Waals surface area contributed by atoms with Crippen LogP contribution in [0.25, 0.3) is 0 Å². The van der Waals surface area contributed by atoms with Crippen molar-refractivity contribution in [1.29, 1.82) is 0 Å². The molecule has 1 aliphatic carbocycles. The molecule has 0 amide bonds. The molecule has 2 atom stereocenters. The molecule has 0 aromatic rings. The molecular formula is C11H20O4. The Morgan fingerprint density at radius 1 is 1.27 bits per heavy atom. The van der Waals surface area contributed by atoms with Gasteiger partial charge in [-0.1, -0.05) is 13.3 Å². The number of carbonyl (C=O) groups is 1. The molecule has 0 aliphatic heterocycles. The lowest BCUT2D eigenvalue weighted by Crippen LogP contribution is -2.51. The maximum atomic E-state index is 11.2. The minimum absolute atomic E-state index is 0.0269.